The molecule has 0 atom stereocenters. The van der Waals surface area contributed by atoms with Crippen molar-refractivity contribution in [3.8, 4) is 11.1 Å². The van der Waals surface area contributed by atoms with Gasteiger partial charge in [0.2, 0.25) is 0 Å². The van der Waals surface area contributed by atoms with E-state index in [1.54, 1.807) is 36.2 Å². The van der Waals surface area contributed by atoms with E-state index in [1.807, 2.05) is 0 Å². The van der Waals surface area contributed by atoms with Crippen LogP contribution in [-0.2, 0) is 6.18 Å². The molecule has 0 radical (unpaired) electrons. The smallest absolute Gasteiger partial charge is 0.356 e. The zero-order valence-electron chi connectivity index (χ0n) is 18.8. The number of carbonyl (C=O) groups is 1. The number of alkyl halides is 3. The quantitative estimate of drug-likeness (QED) is 0.445. The van der Waals surface area contributed by atoms with Gasteiger partial charge in [0.05, 0.1) is 5.56 Å². The molecule has 0 spiro atoms. The van der Waals surface area contributed by atoms with E-state index in [1.165, 1.54) is 29.3 Å². The van der Waals surface area contributed by atoms with E-state index in [9.17, 15) is 26.7 Å². The molecule has 184 valence electrons. The average molecular weight is 490 g/mol. The lowest BCUT2D eigenvalue weighted by molar-refractivity contribution is -0.137. The molecule has 4 rings (SSSR count). The van der Waals surface area contributed by atoms with Crippen molar-refractivity contribution in [2.45, 2.75) is 25.1 Å². The summed E-state index contributed by atoms with van der Waals surface area (Å²) in [4.78, 5) is 19.8. The van der Waals surface area contributed by atoms with Crippen LogP contribution in [0.4, 0.5) is 38.3 Å². The highest BCUT2D eigenvalue weighted by molar-refractivity contribution is 5.89. The number of benzene rings is 2. The number of hydrogen-bond donors (Lipinski definition) is 1. The molecule has 0 saturated carbocycles. The van der Waals surface area contributed by atoms with Gasteiger partial charge in [-0.25, -0.2) is 18.6 Å². The number of halogens is 5. The molecule has 35 heavy (non-hydrogen) atoms. The van der Waals surface area contributed by atoms with E-state index in [4.69, 9.17) is 0 Å². The Balaban J connectivity index is 1.35. The number of amides is 2. The number of hydrogen-bond acceptors (Lipinski definition) is 3. The first-order valence-electron chi connectivity index (χ1n) is 11.0. The van der Waals surface area contributed by atoms with E-state index >= 15 is 0 Å². The summed E-state index contributed by atoms with van der Waals surface area (Å²) in [6.45, 7) is 0.669. The number of carbonyl (C=O) groups excluding carboxylic acids is 1. The summed E-state index contributed by atoms with van der Waals surface area (Å²) in [7, 11) is 1.64. The SMILES string of the molecule is CN(C(=O)Nc1ccc(-c2cc(F)cc(F)c2)cc1)C1CCN(c2ncccc2C(F)(F)F)CC1. The van der Waals surface area contributed by atoms with Crippen molar-refractivity contribution in [3.05, 3.63) is 78.0 Å². The fourth-order valence-electron chi connectivity index (χ4n) is 4.18. The molecule has 0 aliphatic carbocycles. The van der Waals surface area contributed by atoms with E-state index < -0.39 is 23.4 Å². The third-order valence-electron chi connectivity index (χ3n) is 6.06. The highest BCUT2D eigenvalue weighted by Gasteiger charge is 2.37. The average Bonchev–Trinajstić information content (AvgIpc) is 2.83. The number of rotatable bonds is 4. The standard InChI is InChI=1S/C25H23F5N4O/c1-33(21-8-11-34(12-9-21)23-22(25(28,29)30)3-2-10-31-23)24(35)32-20-6-4-16(5-7-20)17-13-18(26)15-19(27)14-17/h2-7,10,13-15,21H,8-9,11-12H2,1H3,(H,32,35). The Morgan fingerprint density at radius 1 is 1.00 bits per heavy atom. The summed E-state index contributed by atoms with van der Waals surface area (Å²) in [5, 5.41) is 2.78. The van der Waals surface area contributed by atoms with Crippen LogP contribution in [-0.4, -0.2) is 42.1 Å². The highest BCUT2D eigenvalue weighted by atomic mass is 19.4. The Kier molecular flexibility index (Phi) is 6.90. The number of piperidine rings is 1. The highest BCUT2D eigenvalue weighted by Crippen LogP contribution is 2.36. The minimum Gasteiger partial charge on any atom is -0.356 e. The number of pyridine rings is 1. The first-order chi connectivity index (χ1) is 16.6. The van der Waals surface area contributed by atoms with E-state index in [-0.39, 0.29) is 17.9 Å². The minimum atomic E-state index is -4.49. The molecule has 2 amide bonds. The molecule has 2 heterocycles. The zero-order valence-corrected chi connectivity index (χ0v) is 18.8. The zero-order chi connectivity index (χ0) is 25.2. The van der Waals surface area contributed by atoms with Crippen LogP contribution in [0.2, 0.25) is 0 Å². The molecule has 10 heteroatoms. The van der Waals surface area contributed by atoms with Gasteiger partial charge in [-0.15, -0.1) is 0 Å². The topological polar surface area (TPSA) is 48.5 Å². The summed E-state index contributed by atoms with van der Waals surface area (Å²) in [5.41, 5.74) is 0.706. The fraction of sp³-hybridized carbons (Fsp3) is 0.280. The molecule has 2 aromatic carbocycles. The molecule has 1 aromatic heterocycles. The molecule has 3 aromatic rings. The first-order valence-corrected chi connectivity index (χ1v) is 11.0. The van der Waals surface area contributed by atoms with Gasteiger partial charge in [-0.1, -0.05) is 12.1 Å². The maximum Gasteiger partial charge on any atom is 0.419 e. The van der Waals surface area contributed by atoms with Crippen LogP contribution in [0.15, 0.2) is 60.8 Å². The number of nitrogens with one attached hydrogen (secondary N) is 1. The molecule has 0 unspecified atom stereocenters. The molecule has 1 aliphatic rings. The second-order valence-corrected chi connectivity index (χ2v) is 8.37. The van der Waals surface area contributed by atoms with Crippen LogP contribution in [0.3, 0.4) is 0 Å². The lowest BCUT2D eigenvalue weighted by atomic mass is 10.0. The van der Waals surface area contributed by atoms with Crippen molar-refractivity contribution in [3.63, 3.8) is 0 Å². The Bertz CT molecular complexity index is 1170. The molecule has 0 bridgehead atoms. The van der Waals surface area contributed by atoms with Crippen LogP contribution in [0, 0.1) is 11.6 Å². The summed E-state index contributed by atoms with van der Waals surface area (Å²) in [5.74, 6) is -1.45. The van der Waals surface area contributed by atoms with Gasteiger partial charge < -0.3 is 15.1 Å². The molecular weight excluding hydrogens is 467 g/mol. The summed E-state index contributed by atoms with van der Waals surface area (Å²) in [6.07, 6.45) is -2.18. The maximum atomic E-state index is 13.5. The third-order valence-corrected chi connectivity index (χ3v) is 6.06. The molecular formula is C25H23F5N4O. The van der Waals surface area contributed by atoms with E-state index in [0.717, 1.165) is 12.1 Å². The fourth-order valence-corrected chi connectivity index (χ4v) is 4.18. The normalized spacial score (nSPS) is 14.6. The minimum absolute atomic E-state index is 0.0937. The predicted octanol–water partition coefficient (Wildman–Crippen LogP) is 6.18. The molecule has 1 saturated heterocycles. The predicted molar refractivity (Wildman–Crippen MR) is 123 cm³/mol. The van der Waals surface area contributed by atoms with Crippen molar-refractivity contribution < 1.29 is 26.7 Å². The van der Waals surface area contributed by atoms with E-state index in [2.05, 4.69) is 10.3 Å². The van der Waals surface area contributed by atoms with Crippen LogP contribution in [0.5, 0.6) is 0 Å². The number of anilines is 2. The first kappa shape index (κ1) is 24.4. The van der Waals surface area contributed by atoms with Crippen molar-refractivity contribution >= 4 is 17.5 Å². The van der Waals surface area contributed by atoms with Crippen molar-refractivity contribution in [2.75, 3.05) is 30.4 Å². The Labute approximate surface area is 199 Å². The van der Waals surface area contributed by atoms with Crippen molar-refractivity contribution in [1.29, 1.82) is 0 Å². The molecule has 5 nitrogen and oxygen atoms in total. The Hall–Kier alpha value is -3.69. The van der Waals surface area contributed by atoms with Crippen LogP contribution in [0.25, 0.3) is 11.1 Å². The number of nitrogens with zero attached hydrogens (tertiary/aromatic N) is 3. The lowest BCUT2D eigenvalue weighted by Crippen LogP contribution is -2.47. The van der Waals surface area contributed by atoms with Gasteiger partial charge >= 0.3 is 12.2 Å². The van der Waals surface area contributed by atoms with Gasteiger partial charge in [-0.2, -0.15) is 13.2 Å². The second kappa shape index (κ2) is 9.89. The molecule has 1 aliphatic heterocycles. The number of aromatic nitrogens is 1. The van der Waals surface area contributed by atoms with Crippen molar-refractivity contribution in [2.24, 2.45) is 0 Å². The van der Waals surface area contributed by atoms with Crippen LogP contribution < -0.4 is 10.2 Å². The van der Waals surface area contributed by atoms with Gasteiger partial charge in [0.15, 0.2) is 0 Å². The largest absolute Gasteiger partial charge is 0.419 e. The number of urea groups is 1. The molecule has 1 fully saturated rings. The third kappa shape index (κ3) is 5.70. The van der Waals surface area contributed by atoms with Crippen LogP contribution >= 0.6 is 0 Å². The van der Waals surface area contributed by atoms with Gasteiger partial charge in [-0.3, -0.25) is 0 Å². The Morgan fingerprint density at radius 2 is 1.63 bits per heavy atom. The summed E-state index contributed by atoms with van der Waals surface area (Å²) in [6, 6.07) is 11.6. The maximum absolute atomic E-state index is 13.5. The molecule has 1 N–H and O–H groups in total. The second-order valence-electron chi connectivity index (χ2n) is 8.37. The monoisotopic (exact) mass is 490 g/mol. The summed E-state index contributed by atoms with van der Waals surface area (Å²) >= 11 is 0. The lowest BCUT2D eigenvalue weighted by Gasteiger charge is -2.37. The van der Waals surface area contributed by atoms with Crippen molar-refractivity contribution in [1.82, 2.24) is 9.88 Å². The van der Waals surface area contributed by atoms with Gasteiger partial charge in [0.1, 0.15) is 17.5 Å². The Morgan fingerprint density at radius 3 is 2.23 bits per heavy atom. The van der Waals surface area contributed by atoms with Crippen LogP contribution in [0.1, 0.15) is 18.4 Å². The summed E-state index contributed by atoms with van der Waals surface area (Å²) < 4.78 is 66.9. The van der Waals surface area contributed by atoms with Gasteiger partial charge in [0, 0.05) is 44.1 Å². The van der Waals surface area contributed by atoms with E-state index in [0.29, 0.717) is 42.7 Å². The van der Waals surface area contributed by atoms with Gasteiger partial charge in [0.25, 0.3) is 0 Å². The van der Waals surface area contributed by atoms with Gasteiger partial charge in [-0.05, 0) is 60.4 Å².